The van der Waals surface area contributed by atoms with Gasteiger partial charge in [0.05, 0.1) is 12.3 Å². The lowest BCUT2D eigenvalue weighted by Gasteiger charge is -2.15. The third-order valence-corrected chi connectivity index (χ3v) is 4.91. The summed E-state index contributed by atoms with van der Waals surface area (Å²) in [5.41, 5.74) is 0.189. The first-order chi connectivity index (χ1) is 15.0. The van der Waals surface area contributed by atoms with Crippen LogP contribution in [0, 0.1) is 0 Å². The molecular formula is C24H27N3O4. The molecule has 1 atom stereocenters. The van der Waals surface area contributed by atoms with Crippen LogP contribution in [0.5, 0.6) is 5.75 Å². The van der Waals surface area contributed by atoms with Crippen molar-refractivity contribution in [3.8, 4) is 11.4 Å². The van der Waals surface area contributed by atoms with E-state index in [0.717, 1.165) is 17.4 Å². The molecule has 7 heteroatoms. The van der Waals surface area contributed by atoms with E-state index in [1.807, 2.05) is 44.2 Å². The molecular weight excluding hydrogens is 394 g/mol. The van der Waals surface area contributed by atoms with Crippen LogP contribution < -0.4 is 21.2 Å². The minimum Gasteiger partial charge on any atom is -0.492 e. The van der Waals surface area contributed by atoms with Crippen LogP contribution in [0.25, 0.3) is 5.69 Å². The van der Waals surface area contributed by atoms with Crippen molar-refractivity contribution in [1.82, 2.24) is 14.5 Å². The van der Waals surface area contributed by atoms with Gasteiger partial charge in [0, 0.05) is 18.4 Å². The van der Waals surface area contributed by atoms with Gasteiger partial charge in [-0.3, -0.25) is 23.5 Å². The third-order valence-electron chi connectivity index (χ3n) is 4.91. The minimum absolute atomic E-state index is 0.0538. The average molecular weight is 421 g/mol. The maximum atomic E-state index is 12.7. The Morgan fingerprint density at radius 2 is 1.71 bits per heavy atom. The van der Waals surface area contributed by atoms with Gasteiger partial charge in [-0.05, 0) is 44.4 Å². The van der Waals surface area contributed by atoms with Crippen LogP contribution in [0.15, 0.2) is 76.6 Å². The first-order valence-corrected chi connectivity index (χ1v) is 10.4. The molecule has 0 radical (unpaired) electrons. The molecule has 0 spiro atoms. The molecule has 0 bridgehead atoms. The average Bonchev–Trinajstić information content (AvgIpc) is 2.77. The Hall–Kier alpha value is -3.61. The van der Waals surface area contributed by atoms with Gasteiger partial charge in [-0.15, -0.1) is 0 Å². The summed E-state index contributed by atoms with van der Waals surface area (Å²) in [7, 11) is 0. The number of carbonyl (C=O) groups excluding carboxylic acids is 1. The second-order valence-electron chi connectivity index (χ2n) is 7.30. The van der Waals surface area contributed by atoms with E-state index in [9.17, 15) is 14.4 Å². The zero-order valence-corrected chi connectivity index (χ0v) is 17.8. The highest BCUT2D eigenvalue weighted by Gasteiger charge is 2.14. The molecule has 1 amide bonds. The van der Waals surface area contributed by atoms with Gasteiger partial charge < -0.3 is 10.1 Å². The van der Waals surface area contributed by atoms with Gasteiger partial charge in [0.15, 0.2) is 0 Å². The van der Waals surface area contributed by atoms with Crippen LogP contribution in [-0.4, -0.2) is 27.7 Å². The molecule has 31 heavy (non-hydrogen) atoms. The fourth-order valence-corrected chi connectivity index (χ4v) is 3.33. The Labute approximate surface area is 180 Å². The predicted molar refractivity (Wildman–Crippen MR) is 120 cm³/mol. The zero-order valence-electron chi connectivity index (χ0n) is 17.8. The lowest BCUT2D eigenvalue weighted by molar-refractivity contribution is -0.122. The molecule has 7 nitrogen and oxygen atoms in total. The summed E-state index contributed by atoms with van der Waals surface area (Å²) < 4.78 is 7.91. The van der Waals surface area contributed by atoms with E-state index in [-0.39, 0.29) is 18.5 Å². The number of benzene rings is 2. The number of hydrogen-bond acceptors (Lipinski definition) is 4. The van der Waals surface area contributed by atoms with Crippen LogP contribution in [0.4, 0.5) is 0 Å². The zero-order chi connectivity index (χ0) is 22.2. The lowest BCUT2D eigenvalue weighted by atomic mass is 10.1. The maximum absolute atomic E-state index is 12.7. The van der Waals surface area contributed by atoms with E-state index in [2.05, 4.69) is 5.32 Å². The van der Waals surface area contributed by atoms with Gasteiger partial charge in [0.1, 0.15) is 12.3 Å². The Balaban J connectivity index is 1.67. The number of nitrogens with zero attached hydrogens (tertiary/aromatic N) is 2. The molecule has 1 heterocycles. The van der Waals surface area contributed by atoms with Gasteiger partial charge >= 0.3 is 11.1 Å². The van der Waals surface area contributed by atoms with Crippen LogP contribution in [-0.2, 0) is 17.8 Å². The van der Waals surface area contributed by atoms with Crippen LogP contribution in [0.2, 0.25) is 0 Å². The van der Waals surface area contributed by atoms with Gasteiger partial charge in [0.2, 0.25) is 5.91 Å². The molecule has 0 aliphatic heterocycles. The van der Waals surface area contributed by atoms with Crippen LogP contribution in [0.3, 0.4) is 0 Å². The second kappa shape index (κ2) is 10.4. The summed E-state index contributed by atoms with van der Waals surface area (Å²) in [6.07, 6.45) is 4.55. The molecule has 162 valence electrons. The first kappa shape index (κ1) is 22.1. The molecule has 0 aliphatic rings. The number of ether oxygens (including phenoxy) is 1. The molecule has 0 fully saturated rings. The fraction of sp³-hybridized carbons (Fsp3) is 0.292. The largest absolute Gasteiger partial charge is 0.492 e. The fourth-order valence-electron chi connectivity index (χ4n) is 3.33. The van der Waals surface area contributed by atoms with Crippen molar-refractivity contribution < 1.29 is 9.53 Å². The summed E-state index contributed by atoms with van der Waals surface area (Å²) in [6.45, 7) is 3.99. The van der Waals surface area contributed by atoms with E-state index >= 15 is 0 Å². The number of nitrogens with one attached hydrogen (secondary N) is 1. The SMILES string of the molecule is CCOc1ccccc1-n1ccn(CC(=O)NC(C)CCc2ccccc2)c(=O)c1=O. The standard InChI is InChI=1S/C24H27N3O4/c1-3-31-21-12-8-7-11-20(21)27-16-15-26(23(29)24(27)30)17-22(28)25-18(2)13-14-19-9-5-4-6-10-19/h4-12,15-16,18H,3,13-14,17H2,1-2H3,(H,25,28). The van der Waals surface area contributed by atoms with Crippen molar-refractivity contribution in [2.45, 2.75) is 39.3 Å². The number of carbonyl (C=O) groups is 1. The number of aromatic nitrogens is 2. The van der Waals surface area contributed by atoms with Gasteiger partial charge in [0.25, 0.3) is 0 Å². The Bertz CT molecular complexity index is 1140. The van der Waals surface area contributed by atoms with Crippen LogP contribution in [0.1, 0.15) is 25.8 Å². The summed E-state index contributed by atoms with van der Waals surface area (Å²) in [4.78, 5) is 37.6. The van der Waals surface area contributed by atoms with Crippen molar-refractivity contribution in [2.24, 2.45) is 0 Å². The number of rotatable bonds is 9. The molecule has 0 aliphatic carbocycles. The predicted octanol–water partition coefficient (Wildman–Crippen LogP) is 2.54. The molecule has 0 saturated carbocycles. The highest BCUT2D eigenvalue weighted by molar-refractivity contribution is 5.76. The molecule has 3 aromatic rings. The van der Waals surface area contributed by atoms with Crippen LogP contribution >= 0.6 is 0 Å². The van der Waals surface area contributed by atoms with Crippen molar-refractivity contribution in [2.75, 3.05) is 6.61 Å². The molecule has 2 aromatic carbocycles. The molecule has 0 saturated heterocycles. The van der Waals surface area contributed by atoms with E-state index in [1.54, 1.807) is 24.3 Å². The number of amides is 1. The lowest BCUT2D eigenvalue weighted by Crippen LogP contribution is -2.43. The van der Waals surface area contributed by atoms with Crippen molar-refractivity contribution in [1.29, 1.82) is 0 Å². The third kappa shape index (κ3) is 5.72. The molecule has 1 N–H and O–H groups in total. The van der Waals surface area contributed by atoms with Crippen molar-refractivity contribution in [3.05, 3.63) is 93.3 Å². The smallest absolute Gasteiger partial charge is 0.321 e. The highest BCUT2D eigenvalue weighted by atomic mass is 16.5. The normalized spacial score (nSPS) is 11.7. The quantitative estimate of drug-likeness (QED) is 0.539. The number of hydrogen-bond donors (Lipinski definition) is 1. The van der Waals surface area contributed by atoms with E-state index in [4.69, 9.17) is 4.74 Å². The Morgan fingerprint density at radius 1 is 1.00 bits per heavy atom. The number of para-hydroxylation sites is 2. The first-order valence-electron chi connectivity index (χ1n) is 10.4. The topological polar surface area (TPSA) is 82.3 Å². The Kier molecular flexibility index (Phi) is 7.43. The van der Waals surface area contributed by atoms with E-state index in [1.165, 1.54) is 22.5 Å². The highest BCUT2D eigenvalue weighted by Crippen LogP contribution is 2.20. The monoisotopic (exact) mass is 421 g/mol. The minimum atomic E-state index is -0.763. The van der Waals surface area contributed by atoms with Gasteiger partial charge in [-0.2, -0.15) is 0 Å². The van der Waals surface area contributed by atoms with Crippen molar-refractivity contribution in [3.63, 3.8) is 0 Å². The summed E-state index contributed by atoms with van der Waals surface area (Å²) in [5, 5.41) is 2.89. The van der Waals surface area contributed by atoms with E-state index in [0.29, 0.717) is 18.0 Å². The molecule has 1 unspecified atom stereocenters. The number of aryl methyl sites for hydroxylation is 1. The van der Waals surface area contributed by atoms with Gasteiger partial charge in [-0.25, -0.2) is 0 Å². The maximum Gasteiger partial charge on any atom is 0.321 e. The Morgan fingerprint density at radius 3 is 2.45 bits per heavy atom. The summed E-state index contributed by atoms with van der Waals surface area (Å²) in [6, 6.07) is 17.0. The van der Waals surface area contributed by atoms with Gasteiger partial charge in [-0.1, -0.05) is 42.5 Å². The van der Waals surface area contributed by atoms with E-state index < -0.39 is 11.1 Å². The van der Waals surface area contributed by atoms with Crippen molar-refractivity contribution >= 4 is 5.91 Å². The second-order valence-corrected chi connectivity index (χ2v) is 7.30. The molecule has 3 rings (SSSR count). The molecule has 1 aromatic heterocycles. The summed E-state index contributed by atoms with van der Waals surface area (Å²) in [5.74, 6) is 0.198. The summed E-state index contributed by atoms with van der Waals surface area (Å²) >= 11 is 0.